The number of thiocarbonyl (C=S) groups is 1. The van der Waals surface area contributed by atoms with Gasteiger partial charge in [-0.3, -0.25) is 24.5 Å². The molecule has 15 nitrogen and oxygen atoms in total. The van der Waals surface area contributed by atoms with Crippen LogP contribution in [0.2, 0.25) is 0 Å². The van der Waals surface area contributed by atoms with Gasteiger partial charge in [0.15, 0.2) is 5.76 Å². The van der Waals surface area contributed by atoms with Crippen LogP contribution in [0.1, 0.15) is 114 Å². The van der Waals surface area contributed by atoms with E-state index in [-0.39, 0.29) is 30.9 Å². The summed E-state index contributed by atoms with van der Waals surface area (Å²) in [5.74, 6) is 9.47. The minimum Gasteiger partial charge on any atom is -0.753 e. The summed E-state index contributed by atoms with van der Waals surface area (Å²) in [4.78, 5) is 41.1. The first kappa shape index (κ1) is 64.5. The van der Waals surface area contributed by atoms with E-state index in [1.54, 1.807) is 54.9 Å². The van der Waals surface area contributed by atoms with Crippen LogP contribution < -0.4 is 28.9 Å². The fourth-order valence-corrected chi connectivity index (χ4v) is 8.09. The van der Waals surface area contributed by atoms with Crippen molar-refractivity contribution in [3.05, 3.63) is 162 Å². The number of carbonyl (C=O) groups excluding carboxylic acids is 2. The molecular weight excluding hydrogens is 1160 g/mol. The van der Waals surface area contributed by atoms with E-state index in [9.17, 15) is 22.8 Å². The van der Waals surface area contributed by atoms with E-state index in [1.807, 2.05) is 72.5 Å². The fourth-order valence-electron chi connectivity index (χ4n) is 8.09. The van der Waals surface area contributed by atoms with Crippen molar-refractivity contribution in [1.82, 2.24) is 30.1 Å². The Hall–Kier alpha value is -8.36. The number of rotatable bonds is 26. The molecule has 0 saturated heterocycles. The molecule has 82 heavy (non-hydrogen) atoms. The zero-order chi connectivity index (χ0) is 57.7. The molecule has 0 N–H and O–H groups in total. The van der Waals surface area contributed by atoms with Crippen molar-refractivity contribution in [2.45, 2.75) is 104 Å². The first-order valence-corrected chi connectivity index (χ1v) is 26.9. The second kappa shape index (κ2) is 34.7. The molecule has 0 atom stereocenters. The largest absolute Gasteiger partial charge is 2.00 e. The fraction of sp³-hybridized carbons (Fsp3) is 0.290. The Labute approximate surface area is 493 Å². The van der Waals surface area contributed by atoms with Crippen LogP contribution in [0.25, 0.3) is 39.6 Å². The minimum atomic E-state index is -4.58. The number of isothiocyanates is 1. The van der Waals surface area contributed by atoms with Crippen LogP contribution in [0.4, 0.5) is 30.2 Å². The molecule has 2 aromatic carbocycles. The van der Waals surface area contributed by atoms with Gasteiger partial charge in [-0.05, 0) is 123 Å². The van der Waals surface area contributed by atoms with E-state index >= 15 is 0 Å². The Morgan fingerprint density at radius 1 is 0.598 bits per heavy atom. The molecule has 426 valence electrons. The molecule has 0 bridgehead atoms. The molecule has 0 fully saturated rings. The van der Waals surface area contributed by atoms with Crippen LogP contribution in [0.3, 0.4) is 0 Å². The third kappa shape index (κ3) is 20.9. The van der Waals surface area contributed by atoms with Crippen molar-refractivity contribution in [1.29, 1.82) is 0 Å². The number of anilines is 3. The topological polar surface area (TPSA) is 188 Å². The molecule has 0 saturated carbocycles. The maximum absolute atomic E-state index is 13.2. The van der Waals surface area contributed by atoms with Gasteiger partial charge in [-0.15, -0.1) is 0 Å². The zero-order valence-electron chi connectivity index (χ0n) is 45.6. The Bertz CT molecular complexity index is 3260. The number of furan rings is 1. The number of alkyl halides is 3. The summed E-state index contributed by atoms with van der Waals surface area (Å²) in [5.41, 5.74) is 4.23. The smallest absolute Gasteiger partial charge is 0.753 e. The molecular formula is C62H61F3N8O7RuS. The Kier molecular flexibility index (Phi) is 27.3. The van der Waals surface area contributed by atoms with Crippen molar-refractivity contribution >= 4 is 47.4 Å². The van der Waals surface area contributed by atoms with Gasteiger partial charge in [0, 0.05) is 59.4 Å². The Balaban J connectivity index is 0.000000299. The maximum Gasteiger partial charge on any atom is 2.00 e. The molecule has 6 aromatic heterocycles. The number of carbonyl (C=O) groups is 2. The molecule has 0 spiro atoms. The number of aryl methyl sites for hydroxylation is 1. The van der Waals surface area contributed by atoms with E-state index in [0.29, 0.717) is 77.4 Å². The molecule has 8 rings (SSSR count). The molecule has 0 unspecified atom stereocenters. The molecule has 0 aliphatic rings. The van der Waals surface area contributed by atoms with Crippen molar-refractivity contribution in [2.24, 2.45) is 0 Å². The number of nitrogens with zero attached hydrogens (tertiary/aromatic N) is 8. The summed E-state index contributed by atoms with van der Waals surface area (Å²) >= 11 is 3.70. The molecule has 20 heteroatoms. The number of benzene rings is 2. The Morgan fingerprint density at radius 2 is 1.11 bits per heavy atom. The number of hydrogen-bond acceptors (Lipinski definition) is 14. The number of ether oxygens (including phenoxy) is 4. The van der Waals surface area contributed by atoms with Crippen LogP contribution in [0.5, 0.6) is 23.0 Å². The van der Waals surface area contributed by atoms with Gasteiger partial charge in [-0.1, -0.05) is 102 Å². The van der Waals surface area contributed by atoms with E-state index in [0.717, 1.165) is 60.4 Å². The monoisotopic (exact) mass is 1220 g/mol. The van der Waals surface area contributed by atoms with Crippen molar-refractivity contribution in [2.75, 3.05) is 18.1 Å². The van der Waals surface area contributed by atoms with E-state index in [1.165, 1.54) is 68.8 Å². The number of aromatic nitrogens is 6. The van der Waals surface area contributed by atoms with Gasteiger partial charge in [-0.25, -0.2) is 4.98 Å². The van der Waals surface area contributed by atoms with Crippen LogP contribution in [0, 0.1) is 18.8 Å². The molecule has 0 radical (unpaired) electrons. The summed E-state index contributed by atoms with van der Waals surface area (Å²) < 4.78 is 67.0. The second-order valence-electron chi connectivity index (χ2n) is 18.1. The number of unbranched alkanes of at least 4 members (excludes halogenated alkanes) is 10. The number of hydrogen-bond donors (Lipinski definition) is 0. The molecule has 0 aliphatic heterocycles. The van der Waals surface area contributed by atoms with Crippen LogP contribution in [-0.2, 0) is 35.2 Å². The average Bonchev–Trinajstić information content (AvgIpc) is 4.21. The van der Waals surface area contributed by atoms with E-state index in [4.69, 9.17) is 28.8 Å². The van der Waals surface area contributed by atoms with Crippen LogP contribution in [0.15, 0.2) is 138 Å². The summed E-state index contributed by atoms with van der Waals surface area (Å²) in [5, 5.41) is 15.5. The zero-order valence-corrected chi connectivity index (χ0v) is 48.1. The SMILES string of the molecule is CCCCCCCCOc1ccc(N(c2ccc(OCCCCCCCC)cc2)c2ccnc(-c3cc(C(F)(F)F)n[n-]3)c2)cc1.Cc1ccc(C#Cc2ccnc(-c3cc(OC=O)cc(-c4cc(OC=O)ccn4)n3)c2)o1.[N-]=C=S.[Ru+2]. The minimum absolute atomic E-state index is 0. The summed E-state index contributed by atoms with van der Waals surface area (Å²) in [6.45, 7) is 8.27. The summed E-state index contributed by atoms with van der Waals surface area (Å²) in [6, 6.07) is 33.5. The average molecular weight is 1220 g/mol. The molecule has 6 heterocycles. The van der Waals surface area contributed by atoms with Crippen LogP contribution >= 0.6 is 12.2 Å². The van der Waals surface area contributed by atoms with Gasteiger partial charge in [0.1, 0.15) is 34.5 Å². The quantitative estimate of drug-likeness (QED) is 0.0124. The third-order valence-corrected chi connectivity index (χ3v) is 12.1. The van der Waals surface area contributed by atoms with Crippen LogP contribution in [-0.4, -0.2) is 56.4 Å². The van der Waals surface area contributed by atoms with Gasteiger partial charge < -0.3 is 43.9 Å². The van der Waals surface area contributed by atoms with Crippen molar-refractivity contribution < 1.29 is 65.6 Å². The maximum atomic E-state index is 13.2. The van der Waals surface area contributed by atoms with Crippen molar-refractivity contribution in [3.8, 4) is 69.0 Å². The van der Waals surface area contributed by atoms with E-state index in [2.05, 4.69) is 68.0 Å². The Morgan fingerprint density at radius 3 is 1.65 bits per heavy atom. The molecule has 0 aliphatic carbocycles. The van der Waals surface area contributed by atoms with Gasteiger partial charge in [0.25, 0.3) is 12.9 Å². The first-order chi connectivity index (χ1) is 39.4. The molecule has 8 aromatic rings. The van der Waals surface area contributed by atoms with E-state index < -0.39 is 11.9 Å². The van der Waals surface area contributed by atoms with Gasteiger partial charge in [0.05, 0.1) is 41.7 Å². The third-order valence-electron chi connectivity index (χ3n) is 12.1. The number of pyridine rings is 4. The second-order valence-corrected chi connectivity index (χ2v) is 18.3. The summed E-state index contributed by atoms with van der Waals surface area (Å²) in [6.07, 6.45) is 14.5. The van der Waals surface area contributed by atoms with Gasteiger partial charge >= 0.3 is 25.7 Å². The number of halogens is 3. The predicted octanol–water partition coefficient (Wildman–Crippen LogP) is 15.3. The standard InChI is InChI=1S/C37H46F3N4O2.C24H15N3O5.CNS.Ru/c1-3-5-7-9-11-13-25-45-32-19-15-29(16-20-32)44(30-17-21-33(22-18-30)46-26-14-12-10-8-6-4-2)31-23-24-41-34(27-31)35-28-36(43-42-35)37(38,39)40;1-16-2-4-18(32-16)5-3-17-6-8-25-21(10-17)23-12-20(31-15-29)13-24(27-23)22-11-19(30-14-28)7-9-26-22;2-1-3;/h15-24,27-28H,3-14,25-26H2,1-2H3;2,4,6-15H,1H3;;/q-1;;-1;+2. The normalized spacial score (nSPS) is 10.5. The first-order valence-electron chi connectivity index (χ1n) is 26.5. The summed E-state index contributed by atoms with van der Waals surface area (Å²) in [7, 11) is 0. The van der Waals surface area contributed by atoms with Gasteiger partial charge in [0.2, 0.25) is 0 Å². The van der Waals surface area contributed by atoms with Gasteiger partial charge in [-0.2, -0.15) is 18.3 Å². The predicted molar refractivity (Wildman–Crippen MR) is 308 cm³/mol. The van der Waals surface area contributed by atoms with Crippen molar-refractivity contribution in [3.63, 3.8) is 0 Å². The molecule has 0 amide bonds.